The second-order valence-corrected chi connectivity index (χ2v) is 11.8. The van der Waals surface area contributed by atoms with Crippen molar-refractivity contribution in [2.75, 3.05) is 21.8 Å². The van der Waals surface area contributed by atoms with E-state index in [-0.39, 0.29) is 29.1 Å². The van der Waals surface area contributed by atoms with Gasteiger partial charge in [-0.25, -0.2) is 17.5 Å². The number of sulfone groups is 1. The number of nitrogens with zero attached hydrogens (tertiary/aromatic N) is 4. The summed E-state index contributed by atoms with van der Waals surface area (Å²) in [6, 6.07) is 5.77. The van der Waals surface area contributed by atoms with Gasteiger partial charge in [0.25, 0.3) is 5.91 Å². The van der Waals surface area contributed by atoms with E-state index in [4.69, 9.17) is 5.73 Å². The minimum Gasteiger partial charge on any atom is -0.368 e. The molecule has 3 N–H and O–H groups in total. The molecule has 0 radical (unpaired) electrons. The maximum atomic E-state index is 13.3. The van der Waals surface area contributed by atoms with E-state index in [0.717, 1.165) is 0 Å². The minimum atomic E-state index is -3.17. The molecule has 1 saturated heterocycles. The van der Waals surface area contributed by atoms with Gasteiger partial charge in [-0.1, -0.05) is 20.8 Å². The first kappa shape index (κ1) is 23.9. The number of halogens is 1. The van der Waals surface area contributed by atoms with Crippen molar-refractivity contribution in [1.29, 1.82) is 0 Å². The van der Waals surface area contributed by atoms with Crippen molar-refractivity contribution in [2.24, 2.45) is 10.8 Å². The Morgan fingerprint density at radius 2 is 1.88 bits per heavy atom. The fourth-order valence-corrected chi connectivity index (χ4v) is 5.68. The molecule has 1 fully saturated rings. The Morgan fingerprint density at radius 3 is 2.44 bits per heavy atom. The molecule has 10 nitrogen and oxygen atoms in total. The maximum Gasteiger partial charge on any atom is 0.273 e. The Hall–Kier alpha value is -3.28. The number of hydrogen-bond acceptors (Lipinski definition) is 7. The minimum absolute atomic E-state index is 0.0311. The van der Waals surface area contributed by atoms with Crippen LogP contribution < -0.4 is 16.1 Å². The van der Waals surface area contributed by atoms with Gasteiger partial charge in [-0.2, -0.15) is 10.2 Å². The summed E-state index contributed by atoms with van der Waals surface area (Å²) in [7, 11) is -3.17. The monoisotopic (exact) mass is 490 g/mol. The van der Waals surface area contributed by atoms with Crippen LogP contribution in [0.4, 0.5) is 15.9 Å². The van der Waals surface area contributed by atoms with Crippen molar-refractivity contribution in [3.63, 3.8) is 0 Å². The molecule has 1 aromatic carbocycles. The first-order valence-corrected chi connectivity index (χ1v) is 12.7. The molecule has 0 saturated carbocycles. The number of anilines is 2. The quantitative estimate of drug-likeness (QED) is 0.654. The van der Waals surface area contributed by atoms with Crippen molar-refractivity contribution in [3.05, 3.63) is 41.8 Å². The normalized spacial score (nSPS) is 22.0. The Balaban J connectivity index is 1.63. The van der Waals surface area contributed by atoms with Crippen LogP contribution in [0.5, 0.6) is 0 Å². The Bertz CT molecular complexity index is 1260. The number of carbonyl (C=O) groups excluding carboxylic acids is 2. The Labute approximate surface area is 196 Å². The molecule has 2 aromatic rings. The fourth-order valence-electron chi connectivity index (χ4n) is 3.99. The molecule has 3 heterocycles. The first-order valence-electron chi connectivity index (χ1n) is 10.9. The highest BCUT2D eigenvalue weighted by Gasteiger charge is 2.37. The van der Waals surface area contributed by atoms with Crippen molar-refractivity contribution in [2.45, 2.75) is 51.1 Å². The average Bonchev–Trinajstić information content (AvgIpc) is 3.44. The first-order chi connectivity index (χ1) is 15.8. The third kappa shape index (κ3) is 4.81. The number of primary amides is 1. The molecule has 0 spiro atoms. The number of benzene rings is 1. The molecule has 12 heteroatoms. The van der Waals surface area contributed by atoms with Crippen LogP contribution >= 0.6 is 0 Å². The maximum absolute atomic E-state index is 13.3. The Kier molecular flexibility index (Phi) is 5.96. The number of nitrogens with one attached hydrogen (secondary N) is 1. The predicted molar refractivity (Wildman–Crippen MR) is 126 cm³/mol. The Morgan fingerprint density at radius 1 is 1.21 bits per heavy atom. The average molecular weight is 491 g/mol. The van der Waals surface area contributed by atoms with Gasteiger partial charge in [-0.15, -0.1) is 0 Å². The van der Waals surface area contributed by atoms with E-state index in [1.807, 2.05) is 20.8 Å². The van der Waals surface area contributed by atoms with E-state index in [0.29, 0.717) is 23.6 Å². The number of rotatable bonds is 5. The molecule has 4 rings (SSSR count). The van der Waals surface area contributed by atoms with Gasteiger partial charge in [0, 0.05) is 17.9 Å². The smallest absolute Gasteiger partial charge is 0.273 e. The van der Waals surface area contributed by atoms with Gasteiger partial charge in [-0.3, -0.25) is 14.6 Å². The molecular formula is C22H27FN6O4S. The fraction of sp³-hybridized carbons (Fsp3) is 0.455. The standard InChI is InChI=1S/C22H27FN6O4S/c1-22(2,3)18-11-19(29(27-18)15-8-9-34(32,33)12-15)25-21(31)16-10-17(20(24)30)28(26-16)14-6-4-13(23)5-7-14/h4-7,11,15,17H,8-10,12H2,1-3H3,(H2,24,30)(H,25,31). The van der Waals surface area contributed by atoms with E-state index in [1.165, 1.54) is 29.3 Å². The molecule has 2 aliphatic heterocycles. The summed E-state index contributed by atoms with van der Waals surface area (Å²) < 4.78 is 38.9. The molecule has 182 valence electrons. The molecule has 2 amide bonds. The summed E-state index contributed by atoms with van der Waals surface area (Å²) >= 11 is 0. The van der Waals surface area contributed by atoms with E-state index < -0.39 is 39.6 Å². The zero-order chi connectivity index (χ0) is 24.8. The highest BCUT2D eigenvalue weighted by atomic mass is 32.2. The lowest BCUT2D eigenvalue weighted by Gasteiger charge is -2.20. The van der Waals surface area contributed by atoms with Crippen LogP contribution in [0.2, 0.25) is 0 Å². The van der Waals surface area contributed by atoms with Crippen LogP contribution in [-0.2, 0) is 24.8 Å². The zero-order valence-corrected chi connectivity index (χ0v) is 20.0. The molecule has 2 atom stereocenters. The summed E-state index contributed by atoms with van der Waals surface area (Å²) in [6.45, 7) is 5.90. The van der Waals surface area contributed by atoms with Gasteiger partial charge in [0.05, 0.1) is 28.9 Å². The number of amides is 2. The number of carbonyl (C=O) groups is 2. The van der Waals surface area contributed by atoms with Gasteiger partial charge >= 0.3 is 0 Å². The van der Waals surface area contributed by atoms with Gasteiger partial charge in [0.15, 0.2) is 9.84 Å². The van der Waals surface area contributed by atoms with Crippen LogP contribution in [0.1, 0.15) is 45.3 Å². The summed E-state index contributed by atoms with van der Waals surface area (Å²) in [5.74, 6) is -1.31. The SMILES string of the molecule is CC(C)(C)c1cc(NC(=O)C2=NN(c3ccc(F)cc3)C(C(N)=O)C2)n(C2CCS(=O)(=O)C2)n1. The molecule has 2 aliphatic rings. The predicted octanol–water partition coefficient (Wildman–Crippen LogP) is 1.74. The largest absolute Gasteiger partial charge is 0.368 e. The molecule has 2 unspecified atom stereocenters. The van der Waals surface area contributed by atoms with Gasteiger partial charge < -0.3 is 11.1 Å². The summed E-state index contributed by atoms with van der Waals surface area (Å²) in [4.78, 5) is 25.1. The van der Waals surface area contributed by atoms with Crippen LogP contribution in [-0.4, -0.2) is 53.3 Å². The van der Waals surface area contributed by atoms with Crippen LogP contribution in [0, 0.1) is 5.82 Å². The number of nitrogens with two attached hydrogens (primary N) is 1. The summed E-state index contributed by atoms with van der Waals surface area (Å²) in [5, 5.41) is 13.0. The van der Waals surface area contributed by atoms with Crippen LogP contribution in [0.15, 0.2) is 35.4 Å². The topological polar surface area (TPSA) is 140 Å². The summed E-state index contributed by atoms with van der Waals surface area (Å²) in [6.07, 6.45) is 0.371. The second-order valence-electron chi connectivity index (χ2n) is 9.61. The third-order valence-electron chi connectivity index (χ3n) is 5.89. The summed E-state index contributed by atoms with van der Waals surface area (Å²) in [5.41, 5.74) is 6.38. The number of hydrazone groups is 1. The van der Waals surface area contributed by atoms with Crippen molar-refractivity contribution >= 4 is 38.9 Å². The lowest BCUT2D eigenvalue weighted by Crippen LogP contribution is -2.39. The molecular weight excluding hydrogens is 463 g/mol. The van der Waals surface area contributed by atoms with Gasteiger partial charge in [0.1, 0.15) is 23.4 Å². The highest BCUT2D eigenvalue weighted by molar-refractivity contribution is 7.91. The zero-order valence-electron chi connectivity index (χ0n) is 19.2. The van der Waals surface area contributed by atoms with E-state index >= 15 is 0 Å². The highest BCUT2D eigenvalue weighted by Crippen LogP contribution is 2.31. The lowest BCUT2D eigenvalue weighted by atomic mass is 9.92. The van der Waals surface area contributed by atoms with Crippen LogP contribution in [0.3, 0.4) is 0 Å². The van der Waals surface area contributed by atoms with Crippen LogP contribution in [0.25, 0.3) is 0 Å². The number of hydrogen-bond donors (Lipinski definition) is 2. The third-order valence-corrected chi connectivity index (χ3v) is 7.64. The van der Waals surface area contributed by atoms with Gasteiger partial charge in [0.2, 0.25) is 5.91 Å². The molecule has 1 aromatic heterocycles. The molecule has 0 bridgehead atoms. The van der Waals surface area contributed by atoms with Gasteiger partial charge in [-0.05, 0) is 30.7 Å². The second kappa shape index (κ2) is 8.49. The van der Waals surface area contributed by atoms with E-state index in [1.54, 1.807) is 10.7 Å². The van der Waals surface area contributed by atoms with E-state index in [9.17, 15) is 22.4 Å². The molecule has 0 aliphatic carbocycles. The van der Waals surface area contributed by atoms with Crippen molar-refractivity contribution < 1.29 is 22.4 Å². The van der Waals surface area contributed by atoms with E-state index in [2.05, 4.69) is 15.5 Å². The van der Waals surface area contributed by atoms with Crippen molar-refractivity contribution in [3.8, 4) is 0 Å². The number of aromatic nitrogens is 2. The van der Waals surface area contributed by atoms with Crippen molar-refractivity contribution in [1.82, 2.24) is 9.78 Å². The lowest BCUT2D eigenvalue weighted by molar-refractivity contribution is -0.119. The molecule has 34 heavy (non-hydrogen) atoms.